The van der Waals surface area contributed by atoms with Crippen LogP contribution in [0.5, 0.6) is 0 Å². The second kappa shape index (κ2) is 10.5. The van der Waals surface area contributed by atoms with E-state index in [4.69, 9.17) is 5.10 Å². The monoisotopic (exact) mass is 459 g/mol. The molecule has 0 saturated carbocycles. The number of nitrogens with zero attached hydrogens (tertiary/aromatic N) is 3. The van der Waals surface area contributed by atoms with Crippen molar-refractivity contribution in [2.75, 3.05) is 16.4 Å². The minimum absolute atomic E-state index is 0.158. The molecule has 170 valence electrons. The van der Waals surface area contributed by atoms with E-state index in [1.54, 1.807) is 11.8 Å². The lowest BCUT2D eigenvalue weighted by Crippen LogP contribution is -2.30. The zero-order chi connectivity index (χ0) is 23.2. The standard InChI is InChI=1S/C26H29N5OS/c1-4-5-16-33-26-29-25-27-19(3)23(24(32)28-21-13-9-10-18(2)17-21)22(31(25)30-26)15-14-20-11-7-6-8-12-20/h6-15,17,22H,4-5,16H2,1-3H3,(H,28,32)(H,27,29,30)/b15-14+. The Morgan fingerprint density at radius 2 is 2.00 bits per heavy atom. The fourth-order valence-corrected chi connectivity index (χ4v) is 4.61. The molecule has 7 heteroatoms. The Balaban J connectivity index is 1.67. The van der Waals surface area contributed by atoms with E-state index in [1.165, 1.54) is 0 Å². The highest BCUT2D eigenvalue weighted by atomic mass is 32.2. The molecule has 1 aliphatic rings. The number of amides is 1. The van der Waals surface area contributed by atoms with E-state index in [9.17, 15) is 4.79 Å². The van der Waals surface area contributed by atoms with Gasteiger partial charge in [0.1, 0.15) is 6.04 Å². The van der Waals surface area contributed by atoms with Crippen molar-refractivity contribution in [3.63, 3.8) is 0 Å². The topological polar surface area (TPSA) is 71.8 Å². The highest BCUT2D eigenvalue weighted by Gasteiger charge is 2.31. The number of carbonyl (C=O) groups is 1. The lowest BCUT2D eigenvalue weighted by Gasteiger charge is -2.26. The first-order valence-corrected chi connectivity index (χ1v) is 12.2. The molecule has 0 spiro atoms. The van der Waals surface area contributed by atoms with Gasteiger partial charge < -0.3 is 10.6 Å². The molecule has 0 bridgehead atoms. The van der Waals surface area contributed by atoms with Crippen molar-refractivity contribution in [3.05, 3.63) is 83.1 Å². The molecular formula is C26H29N5OS. The molecule has 1 aromatic heterocycles. The molecule has 3 aromatic rings. The number of nitrogens with one attached hydrogen (secondary N) is 2. The molecule has 0 fully saturated rings. The van der Waals surface area contributed by atoms with Crippen molar-refractivity contribution in [1.29, 1.82) is 0 Å². The van der Waals surface area contributed by atoms with Gasteiger partial charge in [-0.3, -0.25) is 4.79 Å². The third-order valence-corrected chi connectivity index (χ3v) is 6.32. The molecule has 0 saturated heterocycles. The number of aromatic nitrogens is 3. The number of hydrogen-bond acceptors (Lipinski definition) is 5. The molecule has 1 unspecified atom stereocenters. The molecule has 2 heterocycles. The second-order valence-corrected chi connectivity index (χ2v) is 9.13. The summed E-state index contributed by atoms with van der Waals surface area (Å²) in [6, 6.07) is 17.5. The maximum absolute atomic E-state index is 13.4. The molecule has 1 aliphatic heterocycles. The average molecular weight is 460 g/mol. The Bertz CT molecular complexity index is 1180. The smallest absolute Gasteiger partial charge is 0.255 e. The lowest BCUT2D eigenvalue weighted by molar-refractivity contribution is -0.113. The van der Waals surface area contributed by atoms with Crippen molar-refractivity contribution in [2.45, 2.75) is 44.8 Å². The second-order valence-electron chi connectivity index (χ2n) is 8.07. The van der Waals surface area contributed by atoms with Crippen molar-refractivity contribution in [2.24, 2.45) is 0 Å². The van der Waals surface area contributed by atoms with Crippen LogP contribution in [-0.4, -0.2) is 26.4 Å². The van der Waals surface area contributed by atoms with Crippen LogP contribution in [0.25, 0.3) is 6.08 Å². The van der Waals surface area contributed by atoms with Crippen molar-refractivity contribution in [1.82, 2.24) is 14.8 Å². The van der Waals surface area contributed by atoms with E-state index in [2.05, 4.69) is 22.5 Å². The zero-order valence-electron chi connectivity index (χ0n) is 19.2. The summed E-state index contributed by atoms with van der Waals surface area (Å²) in [6.45, 7) is 6.09. The summed E-state index contributed by atoms with van der Waals surface area (Å²) in [6.07, 6.45) is 6.29. The Kier molecular flexibility index (Phi) is 7.29. The summed E-state index contributed by atoms with van der Waals surface area (Å²) in [5.41, 5.74) is 4.31. The minimum atomic E-state index is -0.376. The number of benzene rings is 2. The first-order chi connectivity index (χ1) is 16.0. The summed E-state index contributed by atoms with van der Waals surface area (Å²) in [4.78, 5) is 18.1. The largest absolute Gasteiger partial charge is 0.328 e. The number of anilines is 2. The highest BCUT2D eigenvalue weighted by molar-refractivity contribution is 7.99. The van der Waals surface area contributed by atoms with E-state index in [-0.39, 0.29) is 11.9 Å². The molecule has 4 rings (SSSR count). The fraction of sp³-hybridized carbons (Fsp3) is 0.269. The van der Waals surface area contributed by atoms with E-state index in [0.29, 0.717) is 11.5 Å². The highest BCUT2D eigenvalue weighted by Crippen LogP contribution is 2.34. The first kappa shape index (κ1) is 22.9. The number of unbranched alkanes of at least 4 members (excludes halogenated alkanes) is 1. The van der Waals surface area contributed by atoms with Crippen LogP contribution in [-0.2, 0) is 4.79 Å². The molecule has 33 heavy (non-hydrogen) atoms. The van der Waals surface area contributed by atoms with E-state index in [0.717, 1.165) is 46.3 Å². The summed E-state index contributed by atoms with van der Waals surface area (Å²) < 4.78 is 1.81. The predicted molar refractivity (Wildman–Crippen MR) is 136 cm³/mol. The Morgan fingerprint density at radius 1 is 1.18 bits per heavy atom. The Hall–Kier alpha value is -3.32. The van der Waals surface area contributed by atoms with Gasteiger partial charge >= 0.3 is 0 Å². The summed E-state index contributed by atoms with van der Waals surface area (Å²) in [7, 11) is 0. The molecule has 2 aromatic carbocycles. The van der Waals surface area contributed by atoms with Crippen molar-refractivity contribution in [3.8, 4) is 0 Å². The van der Waals surface area contributed by atoms with Crippen LogP contribution in [0.3, 0.4) is 0 Å². The summed E-state index contributed by atoms with van der Waals surface area (Å²) in [5.74, 6) is 1.47. The maximum Gasteiger partial charge on any atom is 0.255 e. The Labute approximate surface area is 199 Å². The Morgan fingerprint density at radius 3 is 2.76 bits per heavy atom. The molecule has 0 aliphatic carbocycles. The number of thioether (sulfide) groups is 1. The van der Waals surface area contributed by atoms with Gasteiger partial charge in [0.25, 0.3) is 5.91 Å². The number of rotatable bonds is 8. The number of allylic oxidation sites excluding steroid dienone is 2. The third kappa shape index (κ3) is 5.54. The van der Waals surface area contributed by atoms with Gasteiger partial charge in [-0.15, -0.1) is 5.10 Å². The van der Waals surface area contributed by atoms with E-state index >= 15 is 0 Å². The van der Waals surface area contributed by atoms with Crippen LogP contribution < -0.4 is 10.6 Å². The van der Waals surface area contributed by atoms with Crippen molar-refractivity contribution >= 4 is 35.4 Å². The molecular weight excluding hydrogens is 430 g/mol. The van der Waals surface area contributed by atoms with Gasteiger partial charge in [0.05, 0.1) is 5.57 Å². The molecule has 2 N–H and O–H groups in total. The van der Waals surface area contributed by atoms with Gasteiger partial charge in [-0.1, -0.05) is 79.7 Å². The van der Waals surface area contributed by atoms with Crippen LogP contribution in [0.2, 0.25) is 0 Å². The lowest BCUT2D eigenvalue weighted by atomic mass is 10.0. The predicted octanol–water partition coefficient (Wildman–Crippen LogP) is 6.07. The first-order valence-electron chi connectivity index (χ1n) is 11.2. The van der Waals surface area contributed by atoms with Gasteiger partial charge in [0.15, 0.2) is 0 Å². The van der Waals surface area contributed by atoms with Gasteiger partial charge in [0.2, 0.25) is 11.1 Å². The third-order valence-electron chi connectivity index (χ3n) is 5.39. The quantitative estimate of drug-likeness (QED) is 0.316. The average Bonchev–Trinajstić information content (AvgIpc) is 3.20. The number of aryl methyl sites for hydroxylation is 1. The van der Waals surface area contributed by atoms with Gasteiger partial charge in [0, 0.05) is 17.1 Å². The summed E-state index contributed by atoms with van der Waals surface area (Å²) in [5, 5.41) is 11.8. The SMILES string of the molecule is CCCCSc1nc2n(n1)C(/C=C/c1ccccc1)C(C(=O)Nc1cccc(C)c1)=C(C)N2. The maximum atomic E-state index is 13.4. The molecule has 0 radical (unpaired) electrons. The van der Waals surface area contributed by atoms with Crippen molar-refractivity contribution < 1.29 is 4.79 Å². The van der Waals surface area contributed by atoms with Gasteiger partial charge in [-0.05, 0) is 43.5 Å². The van der Waals surface area contributed by atoms with E-state index < -0.39 is 0 Å². The van der Waals surface area contributed by atoms with Crippen LogP contribution >= 0.6 is 11.8 Å². The number of carbonyl (C=O) groups excluding carboxylic acids is 1. The zero-order valence-corrected chi connectivity index (χ0v) is 20.0. The minimum Gasteiger partial charge on any atom is -0.328 e. The normalized spacial score (nSPS) is 15.4. The molecule has 1 amide bonds. The van der Waals surface area contributed by atoms with Gasteiger partial charge in [-0.2, -0.15) is 4.98 Å². The summed E-state index contributed by atoms with van der Waals surface area (Å²) >= 11 is 1.64. The van der Waals surface area contributed by atoms with Crippen LogP contribution in [0.1, 0.15) is 43.9 Å². The van der Waals surface area contributed by atoms with E-state index in [1.807, 2.05) is 85.3 Å². The van der Waals surface area contributed by atoms with Crippen LogP contribution in [0, 0.1) is 6.92 Å². The van der Waals surface area contributed by atoms with Crippen LogP contribution in [0.15, 0.2) is 77.1 Å². The number of hydrogen-bond donors (Lipinski definition) is 2. The fourth-order valence-electron chi connectivity index (χ4n) is 3.70. The molecule has 1 atom stereocenters. The van der Waals surface area contributed by atoms with Crippen LogP contribution in [0.4, 0.5) is 11.6 Å². The van der Waals surface area contributed by atoms with Gasteiger partial charge in [-0.25, -0.2) is 4.68 Å². The number of fused-ring (bicyclic) bond motifs is 1. The molecule has 6 nitrogen and oxygen atoms in total.